The van der Waals surface area contributed by atoms with Gasteiger partial charge in [-0.1, -0.05) is 0 Å². The van der Waals surface area contributed by atoms with Gasteiger partial charge in [-0.2, -0.15) is 5.10 Å². The first-order valence-electron chi connectivity index (χ1n) is 8.78. The van der Waals surface area contributed by atoms with Crippen LogP contribution in [0.2, 0.25) is 0 Å². The minimum absolute atomic E-state index is 0.543. The van der Waals surface area contributed by atoms with Crippen molar-refractivity contribution in [2.24, 2.45) is 7.05 Å². The number of aryl methyl sites for hydroxylation is 1. The first-order chi connectivity index (χ1) is 13.0. The fraction of sp³-hybridized carbons (Fsp3) is 0.316. The number of rotatable bonds is 2. The normalized spacial score (nSPS) is 23.3. The fourth-order valence-corrected chi connectivity index (χ4v) is 6.03. The molecular weight excluding hydrogens is 380 g/mol. The Labute approximate surface area is 162 Å². The largest absolute Gasteiger partial charge is 0.384 e. The molecule has 0 unspecified atom stereocenters. The number of thiophene rings is 1. The standard InChI is InChI=1S/C19H18N4O2S2/c1-23-11-14-8-13(10-20-17(14)22-23)15-3-2-12-9-16(26-18(12)21-15)19(24)4-6-27(25)7-5-19/h2-3,8-11,24H,4-7H2,1H3. The molecule has 1 aliphatic rings. The molecule has 0 radical (unpaired) electrons. The topological polar surface area (TPSA) is 80.9 Å². The lowest BCUT2D eigenvalue weighted by Crippen LogP contribution is -2.33. The maximum atomic E-state index is 11.6. The third-order valence-electron chi connectivity index (χ3n) is 5.10. The first-order valence-corrected chi connectivity index (χ1v) is 11.1. The number of nitrogens with zero attached hydrogens (tertiary/aromatic N) is 4. The van der Waals surface area contributed by atoms with E-state index in [0.29, 0.717) is 24.3 Å². The molecule has 8 heteroatoms. The van der Waals surface area contributed by atoms with Crippen molar-refractivity contribution in [2.45, 2.75) is 18.4 Å². The van der Waals surface area contributed by atoms with Crippen LogP contribution in [0, 0.1) is 0 Å². The molecule has 0 aliphatic carbocycles. The Morgan fingerprint density at radius 3 is 2.85 bits per heavy atom. The zero-order chi connectivity index (χ0) is 18.6. The van der Waals surface area contributed by atoms with Crippen LogP contribution in [0.15, 0.2) is 36.7 Å². The van der Waals surface area contributed by atoms with Gasteiger partial charge in [0.05, 0.1) is 5.69 Å². The van der Waals surface area contributed by atoms with Gasteiger partial charge in [-0.05, 0) is 37.1 Å². The number of fused-ring (bicyclic) bond motifs is 2. The molecule has 0 atom stereocenters. The van der Waals surface area contributed by atoms with E-state index < -0.39 is 16.4 Å². The van der Waals surface area contributed by atoms with Gasteiger partial charge in [0.15, 0.2) is 5.65 Å². The van der Waals surface area contributed by atoms with Gasteiger partial charge in [0.1, 0.15) is 10.4 Å². The molecular formula is C19H18N4O2S2. The van der Waals surface area contributed by atoms with Gasteiger partial charge in [0.25, 0.3) is 0 Å². The third kappa shape index (κ3) is 2.97. The third-order valence-corrected chi connectivity index (χ3v) is 7.65. The van der Waals surface area contributed by atoms with Crippen LogP contribution in [-0.2, 0) is 23.4 Å². The second-order valence-corrected chi connectivity index (χ2v) is 9.75. The molecule has 0 bridgehead atoms. The van der Waals surface area contributed by atoms with Gasteiger partial charge < -0.3 is 5.11 Å². The number of pyridine rings is 2. The lowest BCUT2D eigenvalue weighted by molar-refractivity contribution is 0.0310. The summed E-state index contributed by atoms with van der Waals surface area (Å²) < 4.78 is 13.4. The van der Waals surface area contributed by atoms with E-state index in [1.54, 1.807) is 10.9 Å². The van der Waals surface area contributed by atoms with Crippen LogP contribution in [0.4, 0.5) is 0 Å². The molecule has 1 saturated heterocycles. The van der Waals surface area contributed by atoms with Crippen LogP contribution < -0.4 is 0 Å². The van der Waals surface area contributed by atoms with E-state index in [4.69, 9.17) is 4.98 Å². The summed E-state index contributed by atoms with van der Waals surface area (Å²) in [6, 6.07) is 8.09. The number of aliphatic hydroxyl groups is 1. The van der Waals surface area contributed by atoms with Crippen molar-refractivity contribution in [1.82, 2.24) is 19.7 Å². The van der Waals surface area contributed by atoms with E-state index in [1.807, 2.05) is 37.5 Å². The lowest BCUT2D eigenvalue weighted by atomic mass is 9.95. The Hall–Kier alpha value is -2.16. The fourth-order valence-electron chi connectivity index (χ4n) is 3.52. The van der Waals surface area contributed by atoms with Crippen LogP contribution in [0.5, 0.6) is 0 Å². The summed E-state index contributed by atoms with van der Waals surface area (Å²) in [6.07, 6.45) is 4.82. The van der Waals surface area contributed by atoms with Crippen molar-refractivity contribution >= 4 is 43.4 Å². The average molecular weight is 399 g/mol. The molecule has 0 aromatic carbocycles. The summed E-state index contributed by atoms with van der Waals surface area (Å²) >= 11 is 1.52. The second-order valence-electron chi connectivity index (χ2n) is 7.02. The SMILES string of the molecule is Cn1cc2cc(-c3ccc4cc(C5(O)CCS(=O)CC5)sc4n3)cnc2n1. The molecule has 5 heterocycles. The Bertz CT molecular complexity index is 1190. The average Bonchev–Trinajstić information content (AvgIpc) is 3.25. The van der Waals surface area contributed by atoms with Gasteiger partial charge in [-0.15, -0.1) is 11.3 Å². The molecule has 4 aromatic rings. The second kappa shape index (κ2) is 6.19. The van der Waals surface area contributed by atoms with Crippen molar-refractivity contribution in [3.8, 4) is 11.3 Å². The minimum Gasteiger partial charge on any atom is -0.384 e. The maximum Gasteiger partial charge on any atom is 0.181 e. The predicted molar refractivity (Wildman–Crippen MR) is 108 cm³/mol. The molecule has 0 saturated carbocycles. The smallest absolute Gasteiger partial charge is 0.181 e. The predicted octanol–water partition coefficient (Wildman–Crippen LogP) is 2.98. The van der Waals surface area contributed by atoms with E-state index in [2.05, 4.69) is 10.1 Å². The molecule has 27 heavy (non-hydrogen) atoms. The maximum absolute atomic E-state index is 11.6. The molecule has 4 aromatic heterocycles. The molecule has 0 spiro atoms. The Morgan fingerprint density at radius 2 is 2.04 bits per heavy atom. The van der Waals surface area contributed by atoms with E-state index in [9.17, 15) is 9.32 Å². The van der Waals surface area contributed by atoms with Crippen molar-refractivity contribution < 1.29 is 9.32 Å². The molecule has 0 amide bonds. The first kappa shape index (κ1) is 17.0. The molecule has 1 fully saturated rings. The van der Waals surface area contributed by atoms with Crippen molar-refractivity contribution in [3.63, 3.8) is 0 Å². The summed E-state index contributed by atoms with van der Waals surface area (Å²) in [5.74, 6) is 1.11. The van der Waals surface area contributed by atoms with Gasteiger partial charge in [0.2, 0.25) is 0 Å². The van der Waals surface area contributed by atoms with Gasteiger partial charge in [-0.3, -0.25) is 8.89 Å². The molecule has 5 rings (SSSR count). The lowest BCUT2D eigenvalue weighted by Gasteiger charge is -2.30. The monoisotopic (exact) mass is 398 g/mol. The van der Waals surface area contributed by atoms with Crippen LogP contribution >= 0.6 is 11.3 Å². The van der Waals surface area contributed by atoms with E-state index in [-0.39, 0.29) is 0 Å². The van der Waals surface area contributed by atoms with Crippen molar-refractivity contribution in [3.05, 3.63) is 41.5 Å². The van der Waals surface area contributed by atoms with Crippen LogP contribution in [0.1, 0.15) is 17.7 Å². The zero-order valence-corrected chi connectivity index (χ0v) is 16.4. The summed E-state index contributed by atoms with van der Waals surface area (Å²) in [5.41, 5.74) is 1.64. The summed E-state index contributed by atoms with van der Waals surface area (Å²) in [4.78, 5) is 11.0. The molecule has 1 aliphatic heterocycles. The summed E-state index contributed by atoms with van der Waals surface area (Å²) in [7, 11) is 1.08. The van der Waals surface area contributed by atoms with Crippen molar-refractivity contribution in [1.29, 1.82) is 0 Å². The summed E-state index contributed by atoms with van der Waals surface area (Å²) in [5, 5.41) is 17.3. The minimum atomic E-state index is -0.879. The number of hydrogen-bond acceptors (Lipinski definition) is 6. The Morgan fingerprint density at radius 1 is 1.22 bits per heavy atom. The van der Waals surface area contributed by atoms with Gasteiger partial charge in [-0.25, -0.2) is 9.97 Å². The van der Waals surface area contributed by atoms with Crippen LogP contribution in [0.25, 0.3) is 32.5 Å². The Balaban J connectivity index is 1.54. The van der Waals surface area contributed by atoms with E-state index in [1.165, 1.54) is 11.3 Å². The van der Waals surface area contributed by atoms with Crippen LogP contribution in [-0.4, -0.2) is 40.6 Å². The van der Waals surface area contributed by atoms with E-state index >= 15 is 0 Å². The summed E-state index contributed by atoms with van der Waals surface area (Å²) in [6.45, 7) is 0. The zero-order valence-electron chi connectivity index (χ0n) is 14.8. The van der Waals surface area contributed by atoms with Gasteiger partial charge >= 0.3 is 0 Å². The quantitative estimate of drug-likeness (QED) is 0.561. The highest BCUT2D eigenvalue weighted by Gasteiger charge is 2.35. The number of hydrogen-bond donors (Lipinski definition) is 1. The highest BCUT2D eigenvalue weighted by Crippen LogP contribution is 2.39. The van der Waals surface area contributed by atoms with Gasteiger partial charge in [0, 0.05) is 63.0 Å². The Kier molecular flexibility index (Phi) is 3.89. The highest BCUT2D eigenvalue weighted by atomic mass is 32.2. The molecule has 138 valence electrons. The molecule has 1 N–H and O–H groups in total. The molecule has 6 nitrogen and oxygen atoms in total. The van der Waals surface area contributed by atoms with Crippen LogP contribution in [0.3, 0.4) is 0 Å². The highest BCUT2D eigenvalue weighted by molar-refractivity contribution is 7.85. The van der Waals surface area contributed by atoms with E-state index in [0.717, 1.165) is 37.4 Å². The number of aromatic nitrogens is 4. The van der Waals surface area contributed by atoms with Crippen molar-refractivity contribution in [2.75, 3.05) is 11.5 Å².